The number of benzene rings is 1. The molecule has 0 aliphatic carbocycles. The van der Waals surface area contributed by atoms with Gasteiger partial charge in [-0.2, -0.15) is 0 Å². The van der Waals surface area contributed by atoms with Crippen LogP contribution in [0.3, 0.4) is 0 Å². The summed E-state index contributed by atoms with van der Waals surface area (Å²) in [7, 11) is 0. The highest BCUT2D eigenvalue weighted by Gasteiger charge is 2.24. The van der Waals surface area contributed by atoms with Gasteiger partial charge in [-0.25, -0.2) is 4.39 Å². The summed E-state index contributed by atoms with van der Waals surface area (Å²) in [5.41, 5.74) is 0.747. The molecule has 3 rings (SSSR count). The molecule has 0 bridgehead atoms. The van der Waals surface area contributed by atoms with Crippen LogP contribution < -0.4 is 15.4 Å². The first-order valence-corrected chi connectivity index (χ1v) is 7.64. The molecule has 22 heavy (non-hydrogen) atoms. The Balaban J connectivity index is 0.00000176. The predicted molar refractivity (Wildman–Crippen MR) is 84.9 cm³/mol. The Morgan fingerprint density at radius 2 is 2.27 bits per heavy atom. The molecule has 1 saturated heterocycles. The molecule has 1 aromatic carbocycles. The molecule has 1 aromatic rings. The van der Waals surface area contributed by atoms with Crippen LogP contribution in [0.2, 0.25) is 0 Å². The van der Waals surface area contributed by atoms with Gasteiger partial charge >= 0.3 is 0 Å². The predicted octanol–water partition coefficient (Wildman–Crippen LogP) is 2.58. The van der Waals surface area contributed by atoms with Crippen molar-refractivity contribution in [3.8, 4) is 5.75 Å². The molecule has 6 heteroatoms. The summed E-state index contributed by atoms with van der Waals surface area (Å²) in [5, 5.41) is 6.33. The number of carbonyl (C=O) groups is 1. The summed E-state index contributed by atoms with van der Waals surface area (Å²) < 4.78 is 18.9. The molecule has 0 saturated carbocycles. The van der Waals surface area contributed by atoms with Crippen LogP contribution in [-0.2, 0) is 4.79 Å². The minimum Gasteiger partial charge on any atom is -0.493 e. The molecule has 4 nitrogen and oxygen atoms in total. The van der Waals surface area contributed by atoms with Gasteiger partial charge in [0.2, 0.25) is 5.91 Å². The van der Waals surface area contributed by atoms with Gasteiger partial charge in [0.05, 0.1) is 12.6 Å². The van der Waals surface area contributed by atoms with Gasteiger partial charge in [0.15, 0.2) is 0 Å². The van der Waals surface area contributed by atoms with Crippen LogP contribution in [0.5, 0.6) is 5.75 Å². The Bertz CT molecular complexity index is 521. The second kappa shape index (κ2) is 7.79. The summed E-state index contributed by atoms with van der Waals surface area (Å²) in [5.74, 6) is 1.03. The monoisotopic (exact) mass is 328 g/mol. The summed E-state index contributed by atoms with van der Waals surface area (Å²) in [4.78, 5) is 12.1. The highest BCUT2D eigenvalue weighted by molar-refractivity contribution is 5.85. The van der Waals surface area contributed by atoms with Crippen LogP contribution >= 0.6 is 12.4 Å². The first-order chi connectivity index (χ1) is 10.2. The minimum absolute atomic E-state index is 0. The lowest BCUT2D eigenvalue weighted by Gasteiger charge is -2.27. The van der Waals surface area contributed by atoms with Crippen molar-refractivity contribution in [2.45, 2.75) is 31.7 Å². The Kier molecular flexibility index (Phi) is 6.03. The smallest absolute Gasteiger partial charge is 0.220 e. The fraction of sp³-hybridized carbons (Fsp3) is 0.562. The van der Waals surface area contributed by atoms with Gasteiger partial charge in [-0.1, -0.05) is 0 Å². The number of amides is 1. The van der Waals surface area contributed by atoms with Crippen LogP contribution in [0.4, 0.5) is 4.39 Å². The zero-order chi connectivity index (χ0) is 14.7. The molecule has 0 spiro atoms. The first-order valence-electron chi connectivity index (χ1n) is 7.64. The van der Waals surface area contributed by atoms with E-state index in [1.165, 1.54) is 12.1 Å². The van der Waals surface area contributed by atoms with Crippen LogP contribution in [0.25, 0.3) is 0 Å². The van der Waals surface area contributed by atoms with Crippen molar-refractivity contribution in [1.29, 1.82) is 0 Å². The Hall–Kier alpha value is -1.33. The Labute approximate surface area is 136 Å². The molecule has 122 valence electrons. The minimum atomic E-state index is -0.296. The number of ether oxygens (including phenoxy) is 1. The largest absolute Gasteiger partial charge is 0.493 e. The van der Waals surface area contributed by atoms with Crippen molar-refractivity contribution < 1.29 is 13.9 Å². The summed E-state index contributed by atoms with van der Waals surface area (Å²) >= 11 is 0. The van der Waals surface area contributed by atoms with Gasteiger partial charge in [-0.3, -0.25) is 4.79 Å². The quantitative estimate of drug-likeness (QED) is 0.893. The molecule has 2 N–H and O–H groups in total. The zero-order valence-corrected chi connectivity index (χ0v) is 13.3. The molecule has 1 fully saturated rings. The van der Waals surface area contributed by atoms with Crippen molar-refractivity contribution in [1.82, 2.24) is 10.6 Å². The van der Waals surface area contributed by atoms with Gasteiger partial charge in [-0.15, -0.1) is 12.4 Å². The van der Waals surface area contributed by atoms with E-state index >= 15 is 0 Å². The molecule has 2 aliphatic heterocycles. The van der Waals surface area contributed by atoms with E-state index in [1.807, 2.05) is 0 Å². The molecule has 2 heterocycles. The van der Waals surface area contributed by atoms with E-state index in [-0.39, 0.29) is 30.2 Å². The Morgan fingerprint density at radius 3 is 3.05 bits per heavy atom. The number of nitrogens with one attached hydrogen (secondary N) is 2. The van der Waals surface area contributed by atoms with Crippen molar-refractivity contribution >= 4 is 18.3 Å². The molecular formula is C16H22ClFN2O2. The topological polar surface area (TPSA) is 50.4 Å². The van der Waals surface area contributed by atoms with Gasteiger partial charge in [0.25, 0.3) is 0 Å². The fourth-order valence-electron chi connectivity index (χ4n) is 3.08. The third kappa shape index (κ3) is 4.11. The standard InChI is InChI=1S/C16H21FN2O2.ClH/c17-12-2-3-15-13(9-12)14(6-8-21-15)19-16(20)4-1-11-5-7-18-10-11;/h2-3,9,11,14,18H,1,4-8,10H2,(H,19,20);1H. The number of carbonyl (C=O) groups excluding carboxylic acids is 1. The Morgan fingerprint density at radius 1 is 1.41 bits per heavy atom. The lowest BCUT2D eigenvalue weighted by molar-refractivity contribution is -0.122. The van der Waals surface area contributed by atoms with Gasteiger partial charge in [0.1, 0.15) is 11.6 Å². The molecule has 0 radical (unpaired) electrons. The van der Waals surface area contributed by atoms with Crippen molar-refractivity contribution in [2.24, 2.45) is 5.92 Å². The molecular weight excluding hydrogens is 307 g/mol. The van der Waals surface area contributed by atoms with E-state index in [1.54, 1.807) is 6.07 Å². The second-order valence-electron chi connectivity index (χ2n) is 5.84. The van der Waals surface area contributed by atoms with Crippen LogP contribution in [0, 0.1) is 11.7 Å². The SMILES string of the molecule is Cl.O=C(CCC1CCNC1)NC1CCOc2ccc(F)cc21. The van der Waals surface area contributed by atoms with Crippen molar-refractivity contribution in [3.05, 3.63) is 29.6 Å². The number of hydrogen-bond donors (Lipinski definition) is 2. The lowest BCUT2D eigenvalue weighted by atomic mass is 9.99. The summed E-state index contributed by atoms with van der Waals surface area (Å²) in [6.07, 6.45) is 3.29. The number of rotatable bonds is 4. The highest BCUT2D eigenvalue weighted by atomic mass is 35.5. The molecule has 1 amide bonds. The van der Waals surface area contributed by atoms with E-state index in [0.29, 0.717) is 31.1 Å². The van der Waals surface area contributed by atoms with E-state index in [4.69, 9.17) is 4.74 Å². The maximum atomic E-state index is 13.4. The average Bonchev–Trinajstić information content (AvgIpc) is 2.99. The molecule has 0 aromatic heterocycles. The molecule has 2 aliphatic rings. The van der Waals surface area contributed by atoms with Crippen LogP contribution in [0.15, 0.2) is 18.2 Å². The lowest BCUT2D eigenvalue weighted by Crippen LogP contribution is -2.32. The third-order valence-electron chi connectivity index (χ3n) is 4.29. The number of hydrogen-bond acceptors (Lipinski definition) is 3. The van der Waals surface area contributed by atoms with Gasteiger partial charge in [0, 0.05) is 18.4 Å². The van der Waals surface area contributed by atoms with Gasteiger partial charge in [-0.05, 0) is 50.0 Å². The number of halogens is 2. The highest BCUT2D eigenvalue weighted by Crippen LogP contribution is 2.32. The van der Waals surface area contributed by atoms with Crippen LogP contribution in [0.1, 0.15) is 37.3 Å². The third-order valence-corrected chi connectivity index (χ3v) is 4.29. The van der Waals surface area contributed by atoms with E-state index in [0.717, 1.165) is 31.5 Å². The zero-order valence-electron chi connectivity index (χ0n) is 12.4. The normalized spacial score (nSPS) is 23.1. The molecule has 2 unspecified atom stereocenters. The second-order valence-corrected chi connectivity index (χ2v) is 5.84. The maximum Gasteiger partial charge on any atom is 0.220 e. The fourth-order valence-corrected chi connectivity index (χ4v) is 3.08. The van der Waals surface area contributed by atoms with Crippen molar-refractivity contribution in [3.63, 3.8) is 0 Å². The van der Waals surface area contributed by atoms with Crippen LogP contribution in [-0.4, -0.2) is 25.6 Å². The van der Waals surface area contributed by atoms with Gasteiger partial charge < -0.3 is 15.4 Å². The van der Waals surface area contributed by atoms with E-state index in [9.17, 15) is 9.18 Å². The first kappa shape index (κ1) is 17.0. The van der Waals surface area contributed by atoms with E-state index in [2.05, 4.69) is 10.6 Å². The van der Waals surface area contributed by atoms with E-state index < -0.39 is 0 Å². The summed E-state index contributed by atoms with van der Waals surface area (Å²) in [6.45, 7) is 2.62. The summed E-state index contributed by atoms with van der Waals surface area (Å²) in [6, 6.07) is 4.34. The average molecular weight is 329 g/mol. The number of fused-ring (bicyclic) bond motifs is 1. The van der Waals surface area contributed by atoms with Crippen molar-refractivity contribution in [2.75, 3.05) is 19.7 Å². The molecule has 2 atom stereocenters. The maximum absolute atomic E-state index is 13.4.